The first kappa shape index (κ1) is 20.3. The Morgan fingerprint density at radius 1 is 0.897 bits per heavy atom. The summed E-state index contributed by atoms with van der Waals surface area (Å²) in [5.41, 5.74) is 3.71. The maximum Gasteiger partial charge on any atom is 0.265 e. The number of hydrogen-bond donors (Lipinski definition) is 1. The summed E-state index contributed by atoms with van der Waals surface area (Å²) < 4.78 is 18.7. The number of carbonyl (C=O) groups is 2. The van der Waals surface area contributed by atoms with Gasteiger partial charge in [-0.15, -0.1) is 0 Å². The number of ether oxygens (including phenoxy) is 1. The Morgan fingerprint density at radius 2 is 1.48 bits per heavy atom. The van der Waals surface area contributed by atoms with Gasteiger partial charge in [-0.3, -0.25) is 9.59 Å². The van der Waals surface area contributed by atoms with Crippen LogP contribution in [-0.4, -0.2) is 17.8 Å². The molecule has 4 nitrogen and oxygen atoms in total. The van der Waals surface area contributed by atoms with Gasteiger partial charge in [-0.05, 0) is 80.9 Å². The quantitative estimate of drug-likeness (QED) is 0.596. The number of hydrogen-bond acceptors (Lipinski definition) is 3. The van der Waals surface area contributed by atoms with E-state index in [2.05, 4.69) is 5.32 Å². The number of amides is 1. The van der Waals surface area contributed by atoms with Gasteiger partial charge in [0, 0.05) is 16.8 Å². The van der Waals surface area contributed by atoms with Crippen molar-refractivity contribution < 1.29 is 18.7 Å². The lowest BCUT2D eigenvalue weighted by Crippen LogP contribution is -2.30. The Balaban J connectivity index is 1.63. The van der Waals surface area contributed by atoms with Crippen molar-refractivity contribution in [1.29, 1.82) is 0 Å². The molecule has 0 aliphatic carbocycles. The van der Waals surface area contributed by atoms with Crippen molar-refractivity contribution >= 4 is 17.4 Å². The Bertz CT molecular complexity index is 1030. The number of aryl methyl sites for hydroxylation is 2. The number of anilines is 1. The molecular weight excluding hydrogens is 369 g/mol. The summed E-state index contributed by atoms with van der Waals surface area (Å²) in [6.07, 6.45) is -0.714. The van der Waals surface area contributed by atoms with E-state index in [0.29, 0.717) is 16.9 Å². The van der Waals surface area contributed by atoms with E-state index in [-0.39, 0.29) is 11.7 Å². The normalized spacial score (nSPS) is 11.6. The molecule has 3 rings (SSSR count). The third-order valence-corrected chi connectivity index (χ3v) is 4.54. The molecule has 5 heteroatoms. The van der Waals surface area contributed by atoms with Gasteiger partial charge in [-0.25, -0.2) is 4.39 Å². The number of carbonyl (C=O) groups excluding carboxylic acids is 2. The Morgan fingerprint density at radius 3 is 2.07 bits per heavy atom. The molecule has 0 aromatic heterocycles. The van der Waals surface area contributed by atoms with Crippen LogP contribution in [0, 0.1) is 19.7 Å². The highest BCUT2D eigenvalue weighted by atomic mass is 19.1. The SMILES string of the molecule is Cc1ccc(NC(=O)C(C)Oc2ccc(C(=O)c3ccc(F)cc3)cc2)c(C)c1. The first-order chi connectivity index (χ1) is 13.8. The average molecular weight is 391 g/mol. The van der Waals surface area contributed by atoms with Crippen LogP contribution in [-0.2, 0) is 4.79 Å². The first-order valence-electron chi connectivity index (χ1n) is 9.28. The molecular formula is C24H22FNO3. The van der Waals surface area contributed by atoms with Crippen molar-refractivity contribution in [1.82, 2.24) is 0 Å². The summed E-state index contributed by atoms with van der Waals surface area (Å²) in [6.45, 7) is 5.59. The Kier molecular flexibility index (Phi) is 6.07. The van der Waals surface area contributed by atoms with E-state index in [9.17, 15) is 14.0 Å². The third kappa shape index (κ3) is 5.08. The molecule has 0 aliphatic heterocycles. The van der Waals surface area contributed by atoms with Gasteiger partial charge < -0.3 is 10.1 Å². The fraction of sp³-hybridized carbons (Fsp3) is 0.167. The van der Waals surface area contributed by atoms with E-state index < -0.39 is 11.9 Å². The maximum absolute atomic E-state index is 13.0. The number of nitrogens with one attached hydrogen (secondary N) is 1. The van der Waals surface area contributed by atoms with Crippen LogP contribution in [0.25, 0.3) is 0 Å². The molecule has 0 fully saturated rings. The molecule has 3 aromatic carbocycles. The maximum atomic E-state index is 13.0. The van der Waals surface area contributed by atoms with Crippen LogP contribution >= 0.6 is 0 Å². The Hall–Kier alpha value is -3.47. The van der Waals surface area contributed by atoms with E-state index in [1.165, 1.54) is 24.3 Å². The number of benzene rings is 3. The standard InChI is InChI=1S/C24H22FNO3/c1-15-4-13-22(16(2)14-15)26-24(28)17(3)29-21-11-7-19(8-12-21)23(27)18-5-9-20(25)10-6-18/h4-14,17H,1-3H3,(H,26,28). The molecule has 29 heavy (non-hydrogen) atoms. The van der Waals surface area contributed by atoms with E-state index in [1.54, 1.807) is 31.2 Å². The monoisotopic (exact) mass is 391 g/mol. The topological polar surface area (TPSA) is 55.4 Å². The van der Waals surface area contributed by atoms with Crippen LogP contribution in [0.5, 0.6) is 5.75 Å². The molecule has 0 spiro atoms. The van der Waals surface area contributed by atoms with Gasteiger partial charge in [0.2, 0.25) is 0 Å². The summed E-state index contributed by atoms with van der Waals surface area (Å²) in [6, 6.07) is 17.7. The second-order valence-electron chi connectivity index (χ2n) is 6.93. The van der Waals surface area contributed by atoms with Gasteiger partial charge in [0.25, 0.3) is 5.91 Å². The third-order valence-electron chi connectivity index (χ3n) is 4.54. The van der Waals surface area contributed by atoms with Gasteiger partial charge in [-0.2, -0.15) is 0 Å². The summed E-state index contributed by atoms with van der Waals surface area (Å²) in [4.78, 5) is 24.9. The Labute approximate surface area is 169 Å². The largest absolute Gasteiger partial charge is 0.481 e. The van der Waals surface area contributed by atoms with E-state index >= 15 is 0 Å². The molecule has 3 aromatic rings. The summed E-state index contributed by atoms with van der Waals surface area (Å²) in [7, 11) is 0. The molecule has 0 bridgehead atoms. The zero-order chi connectivity index (χ0) is 21.0. The highest BCUT2D eigenvalue weighted by Gasteiger charge is 2.16. The van der Waals surface area contributed by atoms with Gasteiger partial charge in [0.1, 0.15) is 11.6 Å². The summed E-state index contributed by atoms with van der Waals surface area (Å²) in [5, 5.41) is 2.86. The van der Waals surface area contributed by atoms with Gasteiger partial charge in [-0.1, -0.05) is 17.7 Å². The summed E-state index contributed by atoms with van der Waals surface area (Å²) >= 11 is 0. The lowest BCUT2D eigenvalue weighted by atomic mass is 10.0. The zero-order valence-corrected chi connectivity index (χ0v) is 16.5. The van der Waals surface area contributed by atoms with Crippen LogP contribution in [0.15, 0.2) is 66.7 Å². The predicted molar refractivity (Wildman–Crippen MR) is 111 cm³/mol. The molecule has 148 valence electrons. The second-order valence-corrected chi connectivity index (χ2v) is 6.93. The van der Waals surface area contributed by atoms with Gasteiger partial charge in [0.05, 0.1) is 0 Å². The van der Waals surface area contributed by atoms with Crippen LogP contribution in [0.2, 0.25) is 0 Å². The number of halogens is 1. The highest BCUT2D eigenvalue weighted by molar-refractivity contribution is 6.09. The van der Waals surface area contributed by atoms with Crippen molar-refractivity contribution in [3.8, 4) is 5.75 Å². The molecule has 0 saturated heterocycles. The van der Waals surface area contributed by atoms with Crippen molar-refractivity contribution in [2.24, 2.45) is 0 Å². The second kappa shape index (κ2) is 8.69. The molecule has 1 N–H and O–H groups in total. The minimum absolute atomic E-state index is 0.211. The lowest BCUT2D eigenvalue weighted by Gasteiger charge is -2.16. The molecule has 1 unspecified atom stereocenters. The smallest absolute Gasteiger partial charge is 0.265 e. The minimum Gasteiger partial charge on any atom is -0.481 e. The minimum atomic E-state index is -0.714. The van der Waals surface area contributed by atoms with Crippen LogP contribution < -0.4 is 10.1 Å². The molecule has 0 radical (unpaired) electrons. The fourth-order valence-electron chi connectivity index (χ4n) is 2.90. The van der Waals surface area contributed by atoms with Crippen molar-refractivity contribution in [3.63, 3.8) is 0 Å². The van der Waals surface area contributed by atoms with Crippen LogP contribution in [0.3, 0.4) is 0 Å². The summed E-state index contributed by atoms with van der Waals surface area (Å²) in [5.74, 6) is -0.386. The molecule has 0 heterocycles. The average Bonchev–Trinajstić information content (AvgIpc) is 2.70. The van der Waals surface area contributed by atoms with Crippen molar-refractivity contribution in [3.05, 3.63) is 94.8 Å². The van der Waals surface area contributed by atoms with Crippen LogP contribution in [0.4, 0.5) is 10.1 Å². The molecule has 1 atom stereocenters. The number of ketones is 1. The van der Waals surface area contributed by atoms with Gasteiger partial charge in [0.15, 0.2) is 11.9 Å². The number of rotatable bonds is 6. The first-order valence-corrected chi connectivity index (χ1v) is 9.28. The van der Waals surface area contributed by atoms with E-state index in [0.717, 1.165) is 16.8 Å². The predicted octanol–water partition coefficient (Wildman–Crippen LogP) is 5.08. The molecule has 0 aliphatic rings. The fourth-order valence-corrected chi connectivity index (χ4v) is 2.90. The molecule has 1 amide bonds. The van der Waals surface area contributed by atoms with Crippen LogP contribution in [0.1, 0.15) is 34.0 Å². The van der Waals surface area contributed by atoms with Gasteiger partial charge >= 0.3 is 0 Å². The highest BCUT2D eigenvalue weighted by Crippen LogP contribution is 2.19. The van der Waals surface area contributed by atoms with Crippen molar-refractivity contribution in [2.45, 2.75) is 26.9 Å². The lowest BCUT2D eigenvalue weighted by molar-refractivity contribution is -0.122. The molecule has 0 saturated carbocycles. The van der Waals surface area contributed by atoms with E-state index in [4.69, 9.17) is 4.74 Å². The van der Waals surface area contributed by atoms with E-state index in [1.807, 2.05) is 32.0 Å². The van der Waals surface area contributed by atoms with Crippen molar-refractivity contribution in [2.75, 3.05) is 5.32 Å². The zero-order valence-electron chi connectivity index (χ0n) is 16.5.